The van der Waals surface area contributed by atoms with Gasteiger partial charge in [-0.1, -0.05) is 164 Å². The fourth-order valence-corrected chi connectivity index (χ4v) is 20.7. The smallest absolute Gasteiger partial charge is 0.0394 e. The van der Waals surface area contributed by atoms with Crippen molar-refractivity contribution in [1.29, 1.82) is 0 Å². The number of fused-ring (bicyclic) bond motifs is 4. The Morgan fingerprint density at radius 2 is 0.783 bits per heavy atom. The molecule has 83 heavy (non-hydrogen) atoms. The van der Waals surface area contributed by atoms with E-state index in [2.05, 4.69) is 11.9 Å². The fraction of sp³-hybridized carbons (Fsp3) is 0.696. The number of rotatable bonds is 5. The molecular weight excluding hydrogens is 1000 g/mol. The van der Waals surface area contributed by atoms with Crippen molar-refractivity contribution in [3.63, 3.8) is 0 Å². The summed E-state index contributed by atoms with van der Waals surface area (Å²) >= 11 is 0. The molecule has 16 rings (SSSR count). The van der Waals surface area contributed by atoms with Gasteiger partial charge in [0, 0.05) is 93.8 Å². The van der Waals surface area contributed by atoms with Crippen molar-refractivity contribution in [3.8, 4) is 0 Å². The van der Waals surface area contributed by atoms with Crippen molar-refractivity contribution in [2.24, 2.45) is 35.5 Å². The fourth-order valence-electron chi connectivity index (χ4n) is 20.7. The Bertz CT molecular complexity index is 4310. The van der Waals surface area contributed by atoms with E-state index in [4.69, 9.17) is 48.0 Å². The highest BCUT2D eigenvalue weighted by molar-refractivity contribution is 5.47. The molecule has 12 aliphatic rings. The van der Waals surface area contributed by atoms with Crippen LogP contribution in [0.5, 0.6) is 0 Å². The molecule has 0 aromatic heterocycles. The zero-order valence-electron chi connectivity index (χ0n) is 84.1. The molecule has 0 radical (unpaired) electrons. The molecule has 8 aliphatic carbocycles. The van der Waals surface area contributed by atoms with Crippen molar-refractivity contribution in [2.45, 2.75) is 260 Å². The van der Waals surface area contributed by atoms with Crippen LogP contribution in [0, 0.1) is 42.3 Å². The number of hydrogen-bond acceptors (Lipinski definition) is 4. The first-order chi connectivity index (χ1) is 54.0. The van der Waals surface area contributed by atoms with E-state index in [1.54, 1.807) is 51.1 Å². The molecular formula is C79H114N4. The van der Waals surface area contributed by atoms with E-state index in [-0.39, 0.29) is 68.3 Å². The number of likely N-dealkylation sites (tertiary alicyclic amines) is 4. The number of nitrogens with zero attached hydrogens (tertiary/aromatic N) is 4. The minimum Gasteiger partial charge on any atom is -0.303 e. The van der Waals surface area contributed by atoms with Crippen LogP contribution < -0.4 is 0 Å². The molecule has 12 atom stereocenters. The van der Waals surface area contributed by atoms with Crippen LogP contribution in [0.25, 0.3) is 0 Å². The van der Waals surface area contributed by atoms with Crippen molar-refractivity contribution < 1.29 is 48.0 Å². The monoisotopic (exact) mass is 1150 g/mol. The van der Waals surface area contributed by atoms with Crippen molar-refractivity contribution >= 4 is 0 Å². The van der Waals surface area contributed by atoms with Gasteiger partial charge in [0.1, 0.15) is 0 Å². The van der Waals surface area contributed by atoms with Gasteiger partial charge in [0.2, 0.25) is 0 Å². The van der Waals surface area contributed by atoms with Gasteiger partial charge in [0.15, 0.2) is 0 Å². The normalized spacial score (nSPS) is 43.9. The van der Waals surface area contributed by atoms with E-state index in [9.17, 15) is 0 Å². The summed E-state index contributed by atoms with van der Waals surface area (Å²) in [6.07, 6.45) is 14.2. The lowest BCUT2D eigenvalue weighted by Crippen LogP contribution is -2.59. The Balaban J connectivity index is 0.000000137. The van der Waals surface area contributed by atoms with Crippen molar-refractivity contribution in [1.82, 2.24) is 19.6 Å². The van der Waals surface area contributed by atoms with Crippen LogP contribution in [-0.2, 0) is 66.5 Å². The highest BCUT2D eigenvalue weighted by atomic mass is 15.2. The highest BCUT2D eigenvalue weighted by Crippen LogP contribution is 2.60. The summed E-state index contributed by atoms with van der Waals surface area (Å²) in [5, 5.41) is 0. The summed E-state index contributed by atoms with van der Waals surface area (Å²) in [6.45, 7) is -22.2. The zero-order valence-corrected chi connectivity index (χ0v) is 49.1. The van der Waals surface area contributed by atoms with E-state index >= 15 is 0 Å². The Morgan fingerprint density at radius 1 is 0.434 bits per heavy atom. The average Bonchev–Trinajstić information content (AvgIpc) is 0.716. The first-order valence-corrected chi connectivity index (χ1v) is 32.1. The summed E-state index contributed by atoms with van der Waals surface area (Å²) in [7, 11) is 2.17. The van der Waals surface area contributed by atoms with Gasteiger partial charge in [-0.25, -0.2) is 0 Å². The molecule has 8 bridgehead atoms. The molecule has 4 heterocycles. The standard InChI is InChI=1S/2C21H31N.C19H27N.C18H25N/c2*1-15(2)12-16-7-8-17-14-20-18-6-4-5-9-21(18,19(17)13-16)10-11-22(20)3;1-3-14-7-8-15-13-18-16-6-4-5-9-19(16,17(15)12-14)10-11-20(18)2;1-13-6-7-14-12-17-15-5-3-4-8-18(15,16(14)11-13)9-10-19(17)2/h2*7-8,13,15,18,20H,4-6,9-12,14H2,1-3H3;7-8,12,16,18H,3-6,9-11,13H2,1-2H3;6-7,11,15,17H,3-5,8-10,12H2,1-2H3/t2*18-,20+,21+;16-,18+,19+;15-,17+,18+/m1111/s1/i1D3,2D3,3D3,12D2,15D;1D3,2D3,12D2,15D;1D3,2D3,3D2;1D3,2D3. The van der Waals surface area contributed by atoms with Crippen LogP contribution in [0.2, 0.25) is 0 Å². The molecule has 8 fully saturated rings. The van der Waals surface area contributed by atoms with E-state index in [1.807, 2.05) is 24.3 Å². The van der Waals surface area contributed by atoms with Gasteiger partial charge in [-0.15, -0.1) is 0 Å². The maximum absolute atomic E-state index is 8.65. The van der Waals surface area contributed by atoms with Gasteiger partial charge in [0.25, 0.3) is 0 Å². The number of benzene rings is 4. The van der Waals surface area contributed by atoms with Crippen LogP contribution in [-0.4, -0.2) is 97.9 Å². The van der Waals surface area contributed by atoms with Crippen LogP contribution in [0.1, 0.15) is 277 Å². The lowest BCUT2D eigenvalue weighted by atomic mass is 9.52. The van der Waals surface area contributed by atoms with E-state index in [1.165, 1.54) is 24.1 Å². The Morgan fingerprint density at radius 3 is 1.16 bits per heavy atom. The molecule has 4 aromatic carbocycles. The molecule has 4 aliphatic heterocycles. The van der Waals surface area contributed by atoms with Crippen molar-refractivity contribution in [2.75, 3.05) is 54.2 Å². The number of hydrogen-bond donors (Lipinski definition) is 0. The summed E-state index contributed by atoms with van der Waals surface area (Å²) in [5.74, 6) is -5.51. The highest BCUT2D eigenvalue weighted by Gasteiger charge is 2.57. The molecule has 4 aromatic rings. The lowest BCUT2D eigenvalue weighted by molar-refractivity contribution is 0.00279. The summed E-state index contributed by atoms with van der Waals surface area (Å²) in [5.41, 5.74) is 8.36. The second kappa shape index (κ2) is 23.7. The van der Waals surface area contributed by atoms with E-state index < -0.39 is 92.9 Å². The second-order valence-electron chi connectivity index (χ2n) is 27.8. The van der Waals surface area contributed by atoms with Gasteiger partial charge in [-0.2, -0.15) is 0 Å². The molecule has 4 heteroatoms. The largest absolute Gasteiger partial charge is 0.303 e. The maximum Gasteiger partial charge on any atom is 0.0394 e. The van der Waals surface area contributed by atoms with Crippen LogP contribution >= 0.6 is 0 Å². The Labute approximate surface area is 556 Å². The number of piperidine rings is 4. The van der Waals surface area contributed by atoms with Crippen LogP contribution in [0.15, 0.2) is 72.8 Å². The molecule has 0 N–H and O–H groups in total. The number of likely N-dealkylation sites (N-methyl/N-ethyl adjacent to an activating group) is 4. The maximum atomic E-state index is 8.65. The minimum atomic E-state index is -3.39. The summed E-state index contributed by atoms with van der Waals surface area (Å²) in [4.78, 5) is 7.49. The van der Waals surface area contributed by atoms with Crippen molar-refractivity contribution in [3.05, 3.63) is 140 Å². The topological polar surface area (TPSA) is 13.0 Å². The van der Waals surface area contributed by atoms with E-state index in [0.29, 0.717) is 62.3 Å². The van der Waals surface area contributed by atoms with Gasteiger partial charge in [0.05, 0.1) is 0 Å². The molecule has 4 nitrogen and oxygen atoms in total. The van der Waals surface area contributed by atoms with Gasteiger partial charge < -0.3 is 19.6 Å². The van der Waals surface area contributed by atoms with Gasteiger partial charge in [-0.3, -0.25) is 0 Å². The average molecular weight is 1160 g/mol. The SMILES string of the molecule is [2H]C([2H])([2H])C([2H])(C([2H])([2H])[2H])C([2H])([2H])c1ccc2c(c1)[C@]13CCCC[C@@H]1[C@H](C2)N(C)CC3.[2H]C([2H])([2H])N1CC[C@@]23CCCC[C@@H]2[C@@H]1Cc1ccc(C([2H])([2H])C([2H])(C([2H])([2H])[2H])C([2H])([2H])[2H])cc13.[2H]C([2H])([2H])N1CC[C@@]23CCCC[C@@H]2[C@@H]1Cc1ccc(C([2H])([2H])C([2H])([2H])[2H])cc13.[2H]C([2H])([2H])c1ccc2c(c1)[C@]13CCCC[C@@H]1[C@H](C2)N(C([2H])([2H])[2H])CC3. The van der Waals surface area contributed by atoms with Crippen LogP contribution in [0.3, 0.4) is 0 Å². The van der Waals surface area contributed by atoms with Gasteiger partial charge in [-0.05, 0) is 280 Å². The predicted octanol–water partition coefficient (Wildman–Crippen LogP) is 16.8. The first-order valence-electron chi connectivity index (χ1n) is 49.6. The Hall–Kier alpha value is -3.28. The molecule has 4 saturated carbocycles. The Kier molecular flexibility index (Phi) is 8.78. The molecule has 0 amide bonds. The summed E-state index contributed by atoms with van der Waals surface area (Å²) in [6, 6.07) is 20.8. The molecule has 450 valence electrons. The first kappa shape index (κ1) is 30.8. The van der Waals surface area contributed by atoms with Crippen LogP contribution in [0.4, 0.5) is 0 Å². The quantitative estimate of drug-likeness (QED) is 0.197. The molecule has 0 spiro atoms. The molecule has 4 saturated heterocycles. The molecule has 0 unspecified atom stereocenters. The zero-order chi connectivity index (χ0) is 87.1. The third-order valence-corrected chi connectivity index (χ3v) is 24.3. The third-order valence-electron chi connectivity index (χ3n) is 24.3. The van der Waals surface area contributed by atoms with Gasteiger partial charge >= 0.3 is 0 Å². The predicted molar refractivity (Wildman–Crippen MR) is 350 cm³/mol. The summed E-state index contributed by atoms with van der Waals surface area (Å²) < 4.78 is 279. The van der Waals surface area contributed by atoms with E-state index in [0.717, 1.165) is 174 Å². The minimum absolute atomic E-state index is 0.00965. The third kappa shape index (κ3) is 10.4. The second-order valence-corrected chi connectivity index (χ2v) is 27.8. The lowest BCUT2D eigenvalue weighted by Gasteiger charge is -2.58. The number of aryl methyl sites for hydroxylation is 2.